The summed E-state index contributed by atoms with van der Waals surface area (Å²) in [7, 11) is -1.29. The fourth-order valence-electron chi connectivity index (χ4n) is 4.34. The summed E-state index contributed by atoms with van der Waals surface area (Å²) in [6.07, 6.45) is 1.04. The molecule has 0 unspecified atom stereocenters. The minimum absolute atomic E-state index is 0.0444. The molecule has 2 aromatic carbocycles. The number of sulfonamides is 1. The lowest BCUT2D eigenvalue weighted by atomic mass is 9.97. The summed E-state index contributed by atoms with van der Waals surface area (Å²) < 4.78 is 27.0. The Morgan fingerprint density at radius 3 is 2.15 bits per heavy atom. The van der Waals surface area contributed by atoms with Crippen LogP contribution in [0.1, 0.15) is 18.4 Å². The van der Waals surface area contributed by atoms with Gasteiger partial charge in [-0.3, -0.25) is 4.79 Å². The summed E-state index contributed by atoms with van der Waals surface area (Å²) in [5, 5.41) is 3.58. The molecular formula is C24H31ClN4O3S. The van der Waals surface area contributed by atoms with Crippen molar-refractivity contribution in [3.05, 3.63) is 59.1 Å². The minimum Gasteiger partial charge on any atom is -0.369 e. The molecule has 0 spiro atoms. The molecule has 0 bridgehead atoms. The van der Waals surface area contributed by atoms with Gasteiger partial charge in [0.25, 0.3) is 0 Å². The van der Waals surface area contributed by atoms with Crippen LogP contribution in [-0.2, 0) is 20.6 Å². The number of nitrogens with zero attached hydrogens (tertiary/aromatic N) is 3. The van der Waals surface area contributed by atoms with Crippen LogP contribution in [0.3, 0.4) is 0 Å². The average molecular weight is 491 g/mol. The molecule has 9 heteroatoms. The summed E-state index contributed by atoms with van der Waals surface area (Å²) in [6, 6.07) is 14.8. The minimum atomic E-state index is -3.43. The molecular weight excluding hydrogens is 460 g/mol. The number of likely N-dealkylation sites (N-methyl/N-ethyl adjacent to an activating group) is 1. The van der Waals surface area contributed by atoms with Crippen molar-refractivity contribution < 1.29 is 13.2 Å². The highest BCUT2D eigenvalue weighted by atomic mass is 35.5. The van der Waals surface area contributed by atoms with Gasteiger partial charge in [-0.2, -0.15) is 0 Å². The lowest BCUT2D eigenvalue weighted by Crippen LogP contribution is -2.44. The van der Waals surface area contributed by atoms with E-state index in [1.165, 1.54) is 9.99 Å². The molecule has 7 nitrogen and oxygen atoms in total. The van der Waals surface area contributed by atoms with Crippen molar-refractivity contribution >= 4 is 38.9 Å². The van der Waals surface area contributed by atoms with E-state index in [9.17, 15) is 13.2 Å². The van der Waals surface area contributed by atoms with E-state index >= 15 is 0 Å². The number of carbonyl (C=O) groups is 1. The highest BCUT2D eigenvalue weighted by Crippen LogP contribution is 2.25. The van der Waals surface area contributed by atoms with Gasteiger partial charge >= 0.3 is 0 Å². The van der Waals surface area contributed by atoms with Crippen LogP contribution in [0, 0.1) is 5.92 Å². The summed E-state index contributed by atoms with van der Waals surface area (Å²) in [6.45, 7) is 4.81. The van der Waals surface area contributed by atoms with Crippen molar-refractivity contribution in [1.29, 1.82) is 0 Å². The summed E-state index contributed by atoms with van der Waals surface area (Å²) >= 11 is 5.88. The van der Waals surface area contributed by atoms with Crippen LogP contribution < -0.4 is 10.2 Å². The first-order valence-corrected chi connectivity index (χ1v) is 13.4. The predicted molar refractivity (Wildman–Crippen MR) is 133 cm³/mol. The number of amides is 1. The Hall–Kier alpha value is -2.13. The van der Waals surface area contributed by atoms with Gasteiger partial charge in [0, 0.05) is 61.6 Å². The van der Waals surface area contributed by atoms with E-state index in [2.05, 4.69) is 22.2 Å². The molecule has 2 heterocycles. The Labute approximate surface area is 201 Å². The Morgan fingerprint density at radius 1 is 0.939 bits per heavy atom. The molecule has 0 atom stereocenters. The monoisotopic (exact) mass is 490 g/mol. The van der Waals surface area contributed by atoms with Gasteiger partial charge in [-0.15, -0.1) is 0 Å². The first kappa shape index (κ1) is 24.0. The molecule has 0 radical (unpaired) electrons. The third-order valence-corrected chi connectivity index (χ3v) is 8.59. The first-order chi connectivity index (χ1) is 15.8. The van der Waals surface area contributed by atoms with E-state index in [0.29, 0.717) is 36.5 Å². The number of benzene rings is 2. The van der Waals surface area contributed by atoms with Crippen LogP contribution in [0.4, 0.5) is 11.4 Å². The zero-order chi connectivity index (χ0) is 23.4. The van der Waals surface area contributed by atoms with Crippen LogP contribution in [0.2, 0.25) is 5.02 Å². The smallest absolute Gasteiger partial charge is 0.227 e. The molecule has 2 aliphatic heterocycles. The third-order valence-electron chi connectivity index (χ3n) is 6.48. The fourth-order valence-corrected chi connectivity index (χ4v) is 6.03. The van der Waals surface area contributed by atoms with Crippen molar-refractivity contribution in [1.82, 2.24) is 9.21 Å². The average Bonchev–Trinajstić information content (AvgIpc) is 2.82. The largest absolute Gasteiger partial charge is 0.369 e. The molecule has 0 aliphatic carbocycles. The molecule has 0 aromatic heterocycles. The van der Waals surface area contributed by atoms with Crippen LogP contribution in [0.15, 0.2) is 48.5 Å². The van der Waals surface area contributed by atoms with E-state index < -0.39 is 10.0 Å². The molecule has 0 saturated carbocycles. The molecule has 1 N–H and O–H groups in total. The maximum absolute atomic E-state index is 12.8. The molecule has 2 aliphatic rings. The van der Waals surface area contributed by atoms with E-state index in [0.717, 1.165) is 31.9 Å². The van der Waals surface area contributed by atoms with Crippen molar-refractivity contribution in [2.45, 2.75) is 18.6 Å². The van der Waals surface area contributed by atoms with Crippen molar-refractivity contribution in [2.75, 3.05) is 56.5 Å². The Balaban J connectivity index is 1.27. The number of carbonyl (C=O) groups excluding carboxylic acids is 1. The van der Waals surface area contributed by atoms with E-state index in [-0.39, 0.29) is 17.6 Å². The van der Waals surface area contributed by atoms with Crippen molar-refractivity contribution in [3.63, 3.8) is 0 Å². The molecule has 4 rings (SSSR count). The van der Waals surface area contributed by atoms with Gasteiger partial charge in [-0.05, 0) is 61.9 Å². The third kappa shape index (κ3) is 6.26. The number of piperazine rings is 1. The molecule has 2 fully saturated rings. The number of nitrogens with one attached hydrogen (secondary N) is 1. The summed E-state index contributed by atoms with van der Waals surface area (Å²) in [4.78, 5) is 17.4. The van der Waals surface area contributed by atoms with Crippen LogP contribution in [-0.4, -0.2) is 69.8 Å². The van der Waals surface area contributed by atoms with Gasteiger partial charge in [0.1, 0.15) is 0 Å². The van der Waals surface area contributed by atoms with Gasteiger partial charge in [0.2, 0.25) is 15.9 Å². The lowest BCUT2D eigenvalue weighted by Gasteiger charge is -2.34. The van der Waals surface area contributed by atoms with Crippen LogP contribution in [0.25, 0.3) is 0 Å². The summed E-state index contributed by atoms with van der Waals surface area (Å²) in [5.41, 5.74) is 2.65. The fraction of sp³-hybridized carbons (Fsp3) is 0.458. The zero-order valence-electron chi connectivity index (χ0n) is 18.9. The van der Waals surface area contributed by atoms with Gasteiger partial charge in [-0.1, -0.05) is 23.7 Å². The second-order valence-electron chi connectivity index (χ2n) is 8.88. The SMILES string of the molecule is CN1CCN(c2ccc(NC(=O)C3CCN(S(=O)(=O)Cc4ccc(Cl)cc4)CC3)cc2)CC1. The Kier molecular flexibility index (Phi) is 7.58. The number of hydrogen-bond donors (Lipinski definition) is 1. The van der Waals surface area contributed by atoms with Crippen molar-refractivity contribution in [2.24, 2.45) is 5.92 Å². The molecule has 1 amide bonds. The lowest BCUT2D eigenvalue weighted by molar-refractivity contribution is -0.120. The zero-order valence-corrected chi connectivity index (χ0v) is 20.5. The standard InChI is InChI=1S/C24H31ClN4O3S/c1-27-14-16-28(17-15-27)23-8-6-22(7-9-23)26-24(30)20-10-12-29(13-11-20)33(31,32)18-19-2-4-21(25)5-3-19/h2-9,20H,10-18H2,1H3,(H,26,30). The first-order valence-electron chi connectivity index (χ1n) is 11.4. The van der Waals surface area contributed by atoms with Crippen LogP contribution in [0.5, 0.6) is 0 Å². The summed E-state index contributed by atoms with van der Waals surface area (Å²) in [5.74, 6) is -0.290. The topological polar surface area (TPSA) is 73.0 Å². The van der Waals surface area contributed by atoms with E-state index in [1.54, 1.807) is 24.3 Å². The molecule has 178 valence electrons. The second-order valence-corrected chi connectivity index (χ2v) is 11.3. The van der Waals surface area contributed by atoms with E-state index in [1.807, 2.05) is 24.3 Å². The van der Waals surface area contributed by atoms with E-state index in [4.69, 9.17) is 11.6 Å². The molecule has 2 aromatic rings. The number of hydrogen-bond acceptors (Lipinski definition) is 5. The quantitative estimate of drug-likeness (QED) is 0.672. The van der Waals surface area contributed by atoms with Crippen molar-refractivity contribution in [3.8, 4) is 0 Å². The van der Waals surface area contributed by atoms with Gasteiger partial charge in [0.15, 0.2) is 0 Å². The maximum Gasteiger partial charge on any atom is 0.227 e. The Morgan fingerprint density at radius 2 is 1.55 bits per heavy atom. The molecule has 33 heavy (non-hydrogen) atoms. The number of rotatable bonds is 6. The molecule has 2 saturated heterocycles. The normalized spacial score (nSPS) is 18.9. The highest BCUT2D eigenvalue weighted by molar-refractivity contribution is 7.88. The van der Waals surface area contributed by atoms with Gasteiger partial charge in [0.05, 0.1) is 5.75 Å². The second kappa shape index (κ2) is 10.4. The maximum atomic E-state index is 12.8. The number of anilines is 2. The highest BCUT2D eigenvalue weighted by Gasteiger charge is 2.31. The number of piperidine rings is 1. The predicted octanol–water partition coefficient (Wildman–Crippen LogP) is 3.27. The Bertz CT molecular complexity index is 1040. The van der Waals surface area contributed by atoms with Gasteiger partial charge < -0.3 is 15.1 Å². The van der Waals surface area contributed by atoms with Gasteiger partial charge in [-0.25, -0.2) is 12.7 Å². The van der Waals surface area contributed by atoms with Crippen LogP contribution >= 0.6 is 11.6 Å². The number of halogens is 1.